The molecule has 0 radical (unpaired) electrons. The molecule has 0 saturated carbocycles. The molecule has 0 bridgehead atoms. The van der Waals surface area contributed by atoms with Crippen molar-refractivity contribution in [2.75, 3.05) is 27.9 Å². The molecule has 1 amide bonds. The molecule has 0 aliphatic carbocycles. The number of amides is 1. The van der Waals surface area contributed by atoms with Crippen LogP contribution >= 0.6 is 12.0 Å². The van der Waals surface area contributed by atoms with Crippen molar-refractivity contribution >= 4 is 106 Å². The summed E-state index contributed by atoms with van der Waals surface area (Å²) in [4.78, 5) is 53.9. The Hall–Kier alpha value is -6.76. The van der Waals surface area contributed by atoms with Crippen LogP contribution in [0.3, 0.4) is 0 Å². The van der Waals surface area contributed by atoms with Crippen LogP contribution in [0.1, 0.15) is 126 Å². The Bertz CT molecular complexity index is 4340. The minimum atomic E-state index is -4.69. The molecule has 0 aliphatic heterocycles. The van der Waals surface area contributed by atoms with Gasteiger partial charge in [0.2, 0.25) is 17.8 Å². The SMILES string of the molecule is CCCCCCCCCCCCCCOc1ccccc1NC(=O)c1ccc(-n2oc(C(C)(C)C)c(CS(=O)(=O)c3ccc(Nc4nc(Nc5ccc6cc(SOO[O-])ccc6c5)nc(Nc5ccc6cc(S(=O)(=O)[O-])ccc6c5)n4)cc3)c2=O)c([N+](=O)[O-])c1.[Na+].[Na+]. The van der Waals surface area contributed by atoms with E-state index >= 15 is 0 Å². The maximum atomic E-state index is 14.4. The van der Waals surface area contributed by atoms with Gasteiger partial charge in [-0.25, -0.2) is 16.8 Å². The van der Waals surface area contributed by atoms with E-state index in [4.69, 9.17) is 9.26 Å². The molecular weight excluding hydrogens is 1260 g/mol. The van der Waals surface area contributed by atoms with Crippen LogP contribution in [0.25, 0.3) is 27.2 Å². The van der Waals surface area contributed by atoms with E-state index in [-0.39, 0.29) is 109 Å². The largest absolute Gasteiger partial charge is 1.00 e. The van der Waals surface area contributed by atoms with Crippen LogP contribution in [0.2, 0.25) is 0 Å². The van der Waals surface area contributed by atoms with Crippen molar-refractivity contribution < 1.29 is 114 Å². The van der Waals surface area contributed by atoms with Gasteiger partial charge < -0.3 is 40.3 Å². The molecule has 4 N–H and O–H groups in total. The van der Waals surface area contributed by atoms with E-state index in [9.17, 15) is 46.3 Å². The maximum absolute atomic E-state index is 14.4. The molecule has 0 unspecified atom stereocenters. The molecular formula is C64H67N9Na2O14S3. The van der Waals surface area contributed by atoms with Gasteiger partial charge >= 0.3 is 59.1 Å². The van der Waals surface area contributed by atoms with Crippen LogP contribution in [-0.2, 0) is 40.5 Å². The third-order valence-corrected chi connectivity index (χ3v) is 17.7. The van der Waals surface area contributed by atoms with Gasteiger partial charge in [0.25, 0.3) is 17.2 Å². The number of hydrogen-bond donors (Lipinski definition) is 4. The number of fused-ring (bicyclic) bond motifs is 2. The van der Waals surface area contributed by atoms with Crippen LogP contribution in [0.4, 0.5) is 46.3 Å². The Morgan fingerprint density at radius 2 is 1.17 bits per heavy atom. The minimum Gasteiger partial charge on any atom is -0.744 e. The zero-order chi connectivity index (χ0) is 64.0. The van der Waals surface area contributed by atoms with E-state index in [1.807, 2.05) is 18.2 Å². The van der Waals surface area contributed by atoms with E-state index in [2.05, 4.69) is 52.5 Å². The van der Waals surface area contributed by atoms with Gasteiger partial charge in [-0.1, -0.05) is 135 Å². The van der Waals surface area contributed by atoms with Crippen LogP contribution in [0.5, 0.6) is 5.75 Å². The summed E-state index contributed by atoms with van der Waals surface area (Å²) in [5.41, 5.74) is -1.48. The third-order valence-electron chi connectivity index (χ3n) is 14.6. The van der Waals surface area contributed by atoms with Crippen LogP contribution in [0, 0.1) is 10.1 Å². The smallest absolute Gasteiger partial charge is 0.744 e. The first kappa shape index (κ1) is 72.7. The molecule has 7 aromatic carbocycles. The zero-order valence-corrected chi connectivity index (χ0v) is 58.3. The molecule has 0 aliphatic rings. The predicted molar refractivity (Wildman–Crippen MR) is 342 cm³/mol. The molecule has 0 fully saturated rings. The first-order valence-corrected chi connectivity index (χ1v) is 33.1. The second-order valence-electron chi connectivity index (χ2n) is 22.5. The van der Waals surface area contributed by atoms with Crippen molar-refractivity contribution in [3.8, 4) is 11.4 Å². The number of aromatic nitrogens is 4. The summed E-state index contributed by atoms with van der Waals surface area (Å²) in [6, 6.07) is 35.8. The van der Waals surface area contributed by atoms with Gasteiger partial charge in [0.05, 0.1) is 50.4 Å². The van der Waals surface area contributed by atoms with E-state index < -0.39 is 53.2 Å². The van der Waals surface area contributed by atoms with Crippen molar-refractivity contribution in [2.24, 2.45) is 0 Å². The number of benzene rings is 7. The number of nitro benzene ring substituents is 1. The number of nitrogens with zero attached hydrogens (tertiary/aromatic N) is 5. The second kappa shape index (κ2) is 33.4. The Balaban J connectivity index is 0.00000600. The number of sulfone groups is 1. The normalized spacial score (nSPS) is 11.6. The molecule has 0 spiro atoms. The van der Waals surface area contributed by atoms with Crippen molar-refractivity contribution in [2.45, 2.75) is 131 Å². The molecule has 2 aromatic heterocycles. The minimum absolute atomic E-state index is 0. The number of rotatable bonds is 31. The number of ether oxygens (including phenoxy) is 1. The average Bonchev–Trinajstić information content (AvgIpc) is 1.61. The summed E-state index contributed by atoms with van der Waals surface area (Å²) >= 11 is 0.756. The van der Waals surface area contributed by atoms with Crippen molar-refractivity contribution in [3.63, 3.8) is 0 Å². The summed E-state index contributed by atoms with van der Waals surface area (Å²) in [6.45, 7) is 7.77. The van der Waals surface area contributed by atoms with Gasteiger partial charge in [-0.15, -0.1) is 4.74 Å². The number of carbonyl (C=O) groups excluding carboxylic acids is 1. The average molecular weight is 1330 g/mol. The number of carbonyl (C=O) groups is 1. The summed E-state index contributed by atoms with van der Waals surface area (Å²) in [6.07, 6.45) is 14.4. The van der Waals surface area contributed by atoms with Crippen molar-refractivity contribution in [3.05, 3.63) is 177 Å². The van der Waals surface area contributed by atoms with E-state index in [1.54, 1.807) is 81.4 Å². The van der Waals surface area contributed by atoms with Gasteiger partial charge in [0.15, 0.2) is 15.5 Å². The Morgan fingerprint density at radius 1 is 0.652 bits per heavy atom. The van der Waals surface area contributed by atoms with E-state index in [0.717, 1.165) is 48.1 Å². The fourth-order valence-electron chi connectivity index (χ4n) is 10.1. The predicted octanol–water partition coefficient (Wildman–Crippen LogP) is 7.81. The van der Waals surface area contributed by atoms with Gasteiger partial charge in [-0.2, -0.15) is 19.3 Å². The molecule has 9 aromatic rings. The molecule has 2 heterocycles. The second-order valence-corrected chi connectivity index (χ2v) is 26.6. The summed E-state index contributed by atoms with van der Waals surface area (Å²) in [5, 5.41) is 41.5. The molecule has 0 saturated heterocycles. The van der Waals surface area contributed by atoms with Gasteiger partial charge in [0.1, 0.15) is 21.6 Å². The quantitative estimate of drug-likeness (QED) is 0.00612. The van der Waals surface area contributed by atoms with E-state index in [1.165, 1.54) is 112 Å². The van der Waals surface area contributed by atoms with Gasteiger partial charge in [-0.05, 0) is 125 Å². The van der Waals surface area contributed by atoms with Gasteiger partial charge in [-0.3, -0.25) is 24.7 Å². The van der Waals surface area contributed by atoms with Crippen molar-refractivity contribution in [1.29, 1.82) is 0 Å². The summed E-state index contributed by atoms with van der Waals surface area (Å²) in [5.74, 6) is -0.981. The molecule has 92 heavy (non-hydrogen) atoms. The third kappa shape index (κ3) is 19.7. The van der Waals surface area contributed by atoms with Crippen LogP contribution in [-0.4, -0.2) is 58.5 Å². The number of nitro groups is 1. The monoisotopic (exact) mass is 1330 g/mol. The summed E-state index contributed by atoms with van der Waals surface area (Å²) in [7, 11) is -9.02. The Kier molecular flexibility index (Phi) is 26.4. The fourth-order valence-corrected chi connectivity index (χ4v) is 12.4. The number of hydrogen-bond acceptors (Lipinski definition) is 21. The van der Waals surface area contributed by atoms with Crippen LogP contribution < -0.4 is 95.9 Å². The number of nitrogens with one attached hydrogen (secondary N) is 4. The topological polar surface area (TPSA) is 324 Å². The number of unbranched alkanes of at least 4 members (excludes halogenated alkanes) is 11. The van der Waals surface area contributed by atoms with E-state index in [0.29, 0.717) is 55.5 Å². The molecule has 472 valence electrons. The van der Waals surface area contributed by atoms with Gasteiger partial charge in [0, 0.05) is 39.0 Å². The van der Waals surface area contributed by atoms with Crippen molar-refractivity contribution in [1.82, 2.24) is 19.7 Å². The maximum Gasteiger partial charge on any atom is 1.00 e. The first-order chi connectivity index (χ1) is 43.1. The zero-order valence-electron chi connectivity index (χ0n) is 51.9. The first-order valence-electron chi connectivity index (χ1n) is 29.3. The molecule has 28 heteroatoms. The number of para-hydroxylation sites is 2. The molecule has 0 atom stereocenters. The Morgan fingerprint density at radius 3 is 1.75 bits per heavy atom. The summed E-state index contributed by atoms with van der Waals surface area (Å²) < 4.78 is 81.0. The fraction of sp³-hybridized carbons (Fsp3) is 0.297. The Labute approximate surface area is 581 Å². The molecule has 9 rings (SSSR count). The van der Waals surface area contributed by atoms with Crippen LogP contribution in [0.15, 0.2) is 164 Å². The standard InChI is InChI=1S/C64H69N9O14S3.2Na/c1-5-6-7-8-9-10-11-12-13-14-15-18-35-84-57-20-17-16-19-54(57)68-59(74)46-25-34-55(56(40-46)73(76)77)72-60(75)53(58(85-72)64(2,3)4)41-89(79,80)51-32-28-47(29-33-51)65-61-69-62(66-48-26-21-44-38-50(88-87-86-78)30-23-42(44)36-48)71-63(70-61)67-49-27-22-45-39-52(90(81,82)83)31-24-43(45)37-49;;/h16-17,19-34,36-40,78H,5-15,18,35,41H2,1-4H3,(H,68,74)(H,81,82,83)(H3,65,66,67,69,70,71);;/q;2*+1/p-2. The molecule has 23 nitrogen and oxygen atoms in total. The number of anilines is 7.